The first-order valence-electron chi connectivity index (χ1n) is 12.3. The number of fused-ring (bicyclic) bond motifs is 3. The molecule has 1 unspecified atom stereocenters. The molecule has 4 aliphatic rings. The Kier molecular flexibility index (Phi) is 5.30. The van der Waals surface area contributed by atoms with E-state index in [1.807, 2.05) is 12.1 Å². The molecule has 3 N–H and O–H groups in total. The molecule has 2 aromatic rings. The predicted octanol–water partition coefficient (Wildman–Crippen LogP) is 1.65. The second kappa shape index (κ2) is 8.39. The normalized spacial score (nSPS) is 30.5. The maximum Gasteiger partial charge on any atom is 0.262 e. The summed E-state index contributed by atoms with van der Waals surface area (Å²) < 4.78 is 0. The summed E-state index contributed by atoms with van der Waals surface area (Å²) in [6.45, 7) is 2.28. The van der Waals surface area contributed by atoms with Gasteiger partial charge in [-0.05, 0) is 41.9 Å². The van der Waals surface area contributed by atoms with Crippen LogP contribution in [0.5, 0.6) is 0 Å². The zero-order valence-corrected chi connectivity index (χ0v) is 19.4. The summed E-state index contributed by atoms with van der Waals surface area (Å²) in [5.74, 6) is -0.742. The fourth-order valence-corrected chi connectivity index (χ4v) is 6.68. The van der Waals surface area contributed by atoms with E-state index in [2.05, 4.69) is 34.5 Å². The topological polar surface area (TPSA) is 113 Å². The molecule has 0 radical (unpaired) electrons. The number of hydrogen-bond donors (Lipinski definition) is 2. The highest BCUT2D eigenvalue weighted by molar-refractivity contribution is 6.24. The molecule has 2 bridgehead atoms. The monoisotopic (exact) mass is 472 g/mol. The van der Waals surface area contributed by atoms with Gasteiger partial charge in [0.05, 0.1) is 11.1 Å². The lowest BCUT2D eigenvalue weighted by atomic mass is 9.87. The number of imide groups is 2. The number of nitrogens with one attached hydrogen (secondary N) is 1. The molecule has 8 nitrogen and oxygen atoms in total. The molecule has 3 fully saturated rings. The van der Waals surface area contributed by atoms with E-state index in [9.17, 15) is 19.2 Å². The van der Waals surface area contributed by atoms with Gasteiger partial charge in [0.1, 0.15) is 6.04 Å². The van der Waals surface area contributed by atoms with Gasteiger partial charge < -0.3 is 5.73 Å². The van der Waals surface area contributed by atoms with Crippen LogP contribution >= 0.6 is 0 Å². The lowest BCUT2D eigenvalue weighted by Crippen LogP contribution is -2.54. The van der Waals surface area contributed by atoms with E-state index in [1.54, 1.807) is 12.1 Å². The van der Waals surface area contributed by atoms with Crippen molar-refractivity contribution in [1.82, 2.24) is 15.1 Å². The largest absolute Gasteiger partial charge is 0.327 e. The number of carbonyl (C=O) groups excluding carboxylic acids is 4. The number of hydrogen-bond acceptors (Lipinski definition) is 6. The molecule has 2 aromatic carbocycles. The van der Waals surface area contributed by atoms with Gasteiger partial charge in [-0.2, -0.15) is 0 Å². The Labute approximate surface area is 203 Å². The summed E-state index contributed by atoms with van der Waals surface area (Å²) >= 11 is 0. The molecule has 180 valence electrons. The van der Waals surface area contributed by atoms with Gasteiger partial charge >= 0.3 is 0 Å². The molecule has 0 spiro atoms. The number of nitrogens with two attached hydrogens (primary N) is 1. The fourth-order valence-electron chi connectivity index (χ4n) is 6.68. The number of likely N-dealkylation sites (tertiary alicyclic amines) is 1. The molecule has 6 rings (SSSR count). The van der Waals surface area contributed by atoms with Crippen LogP contribution in [-0.4, -0.2) is 58.6 Å². The minimum absolute atomic E-state index is 0.0973. The first-order chi connectivity index (χ1) is 16.9. The molecule has 5 atom stereocenters. The van der Waals surface area contributed by atoms with E-state index < -0.39 is 23.8 Å². The highest BCUT2D eigenvalue weighted by atomic mass is 16.2. The van der Waals surface area contributed by atoms with Crippen molar-refractivity contribution in [1.29, 1.82) is 0 Å². The van der Waals surface area contributed by atoms with Crippen molar-refractivity contribution in [2.24, 2.45) is 17.6 Å². The Morgan fingerprint density at radius 3 is 2.46 bits per heavy atom. The fraction of sp³-hybridized carbons (Fsp3) is 0.407. The minimum Gasteiger partial charge on any atom is -0.327 e. The van der Waals surface area contributed by atoms with Crippen LogP contribution in [0, 0.1) is 11.8 Å². The Balaban J connectivity index is 1.24. The van der Waals surface area contributed by atoms with Gasteiger partial charge in [0.2, 0.25) is 11.8 Å². The first-order valence-corrected chi connectivity index (χ1v) is 12.3. The van der Waals surface area contributed by atoms with Crippen molar-refractivity contribution in [3.63, 3.8) is 0 Å². The van der Waals surface area contributed by atoms with E-state index in [4.69, 9.17) is 5.73 Å². The molecular formula is C27H28N4O4. The Morgan fingerprint density at radius 1 is 0.914 bits per heavy atom. The van der Waals surface area contributed by atoms with E-state index >= 15 is 0 Å². The summed E-state index contributed by atoms with van der Waals surface area (Å²) in [6.07, 6.45) is 1.36. The summed E-state index contributed by atoms with van der Waals surface area (Å²) in [7, 11) is 0. The van der Waals surface area contributed by atoms with Crippen molar-refractivity contribution >= 4 is 23.6 Å². The van der Waals surface area contributed by atoms with Gasteiger partial charge in [0.25, 0.3) is 11.8 Å². The molecule has 3 aliphatic heterocycles. The van der Waals surface area contributed by atoms with Crippen LogP contribution in [0.2, 0.25) is 0 Å². The maximum absolute atomic E-state index is 13.4. The Bertz CT molecular complexity index is 1230. The van der Waals surface area contributed by atoms with Crippen LogP contribution in [0.1, 0.15) is 57.0 Å². The van der Waals surface area contributed by atoms with Crippen LogP contribution in [0.15, 0.2) is 48.5 Å². The Hall–Kier alpha value is -3.36. The Morgan fingerprint density at radius 2 is 1.69 bits per heavy atom. The lowest BCUT2D eigenvalue weighted by Gasteiger charge is -2.33. The van der Waals surface area contributed by atoms with Crippen molar-refractivity contribution in [2.75, 3.05) is 13.1 Å². The van der Waals surface area contributed by atoms with Crippen LogP contribution in [0.3, 0.4) is 0 Å². The van der Waals surface area contributed by atoms with E-state index in [-0.39, 0.29) is 24.8 Å². The number of piperidine rings is 2. The van der Waals surface area contributed by atoms with Crippen molar-refractivity contribution in [3.8, 4) is 0 Å². The summed E-state index contributed by atoms with van der Waals surface area (Å²) in [6, 6.07) is 14.9. The van der Waals surface area contributed by atoms with Gasteiger partial charge in [0, 0.05) is 38.0 Å². The zero-order chi connectivity index (χ0) is 24.3. The van der Waals surface area contributed by atoms with Crippen LogP contribution in [0.4, 0.5) is 0 Å². The molecule has 8 heteroatoms. The molecule has 0 aromatic heterocycles. The third-order valence-electron chi connectivity index (χ3n) is 8.19. The first kappa shape index (κ1) is 22.1. The smallest absolute Gasteiger partial charge is 0.262 e. The quantitative estimate of drug-likeness (QED) is 0.655. The minimum atomic E-state index is -0.955. The number of amides is 4. The van der Waals surface area contributed by atoms with Crippen molar-refractivity contribution < 1.29 is 19.2 Å². The number of nitrogens with zero attached hydrogens (tertiary/aromatic N) is 2. The summed E-state index contributed by atoms with van der Waals surface area (Å²) in [5.41, 5.74) is 9.50. The third-order valence-corrected chi connectivity index (χ3v) is 8.19. The van der Waals surface area contributed by atoms with E-state index in [1.165, 1.54) is 5.56 Å². The van der Waals surface area contributed by atoms with Crippen LogP contribution in [0.25, 0.3) is 0 Å². The summed E-state index contributed by atoms with van der Waals surface area (Å²) in [4.78, 5) is 53.9. The lowest BCUT2D eigenvalue weighted by molar-refractivity contribution is -0.136. The van der Waals surface area contributed by atoms with E-state index in [0.29, 0.717) is 35.4 Å². The van der Waals surface area contributed by atoms with Gasteiger partial charge in [-0.1, -0.05) is 42.5 Å². The number of carbonyl (C=O) groups is 4. The molecule has 2 saturated heterocycles. The highest BCUT2D eigenvalue weighted by Gasteiger charge is 2.48. The van der Waals surface area contributed by atoms with Gasteiger partial charge in [-0.3, -0.25) is 34.3 Å². The predicted molar refractivity (Wildman–Crippen MR) is 127 cm³/mol. The number of benzene rings is 2. The van der Waals surface area contributed by atoms with Crippen LogP contribution in [-0.2, 0) is 16.1 Å². The van der Waals surface area contributed by atoms with Crippen LogP contribution < -0.4 is 11.1 Å². The van der Waals surface area contributed by atoms with Gasteiger partial charge in [-0.25, -0.2) is 0 Å². The number of rotatable bonds is 4. The molecule has 1 aliphatic carbocycles. The van der Waals surface area contributed by atoms with Gasteiger partial charge in [-0.15, -0.1) is 0 Å². The molecule has 1 saturated carbocycles. The molecule has 35 heavy (non-hydrogen) atoms. The second-order valence-electron chi connectivity index (χ2n) is 10.3. The van der Waals surface area contributed by atoms with E-state index in [0.717, 1.165) is 30.0 Å². The molecular weight excluding hydrogens is 444 g/mol. The van der Waals surface area contributed by atoms with Crippen molar-refractivity contribution in [2.45, 2.75) is 43.8 Å². The van der Waals surface area contributed by atoms with Crippen molar-refractivity contribution in [3.05, 3.63) is 70.8 Å². The summed E-state index contributed by atoms with van der Waals surface area (Å²) in [5, 5.41) is 2.25. The average Bonchev–Trinajstić information content (AvgIpc) is 3.23. The molecule has 3 heterocycles. The van der Waals surface area contributed by atoms with Gasteiger partial charge in [0.15, 0.2) is 0 Å². The average molecular weight is 473 g/mol. The maximum atomic E-state index is 13.4. The SMILES string of the molecule is N[C@H]1[C@@H]2C[C@@H](CN(Cc3cccc4c3C(=O)N(C3CCC(=O)NC3=O)C4=O)C2)[C@@H]1c1ccccc1. The highest BCUT2D eigenvalue weighted by Crippen LogP contribution is 2.46. The third kappa shape index (κ3) is 3.59. The standard InChI is InChI=1S/C27H28N4O4/c28-24-18-11-17(22(24)15-5-2-1-3-6-15)13-30(14-18)12-16-7-4-8-19-23(16)27(35)31(26(19)34)20-9-10-21(32)29-25(20)33/h1-8,17-18,20,22,24H,9-14,28H2,(H,29,32,33)/t17-,18+,20?,22-,24-/m0/s1. The zero-order valence-electron chi connectivity index (χ0n) is 19.4. The molecule has 4 amide bonds. The second-order valence-corrected chi connectivity index (χ2v) is 10.3.